The number of aromatic nitrogens is 1. The highest BCUT2D eigenvalue weighted by Gasteiger charge is 2.29. The summed E-state index contributed by atoms with van der Waals surface area (Å²) in [5.41, 5.74) is 5.70. The number of pyridine rings is 1. The number of nitrogen functional groups attached to an aromatic ring is 1. The second-order valence-electron chi connectivity index (χ2n) is 4.20. The van der Waals surface area contributed by atoms with Gasteiger partial charge in [0.15, 0.2) is 0 Å². The fraction of sp³-hybridized carbons (Fsp3) is 0.545. The molecule has 6 heteroatoms. The molecule has 0 spiro atoms. The summed E-state index contributed by atoms with van der Waals surface area (Å²) in [5, 5.41) is 0.883. The van der Waals surface area contributed by atoms with Crippen molar-refractivity contribution in [2.75, 3.05) is 24.3 Å². The van der Waals surface area contributed by atoms with E-state index in [1.807, 2.05) is 18.9 Å². The zero-order chi connectivity index (χ0) is 12.6. The van der Waals surface area contributed by atoms with Crippen molar-refractivity contribution in [2.24, 2.45) is 0 Å². The van der Waals surface area contributed by atoms with Gasteiger partial charge >= 0.3 is 0 Å². The van der Waals surface area contributed by atoms with E-state index in [2.05, 4.69) is 4.98 Å². The third kappa shape index (κ3) is 2.44. The summed E-state index contributed by atoms with van der Waals surface area (Å²) in [5.74, 6) is 0.945. The van der Waals surface area contributed by atoms with Crippen molar-refractivity contribution in [3.05, 3.63) is 16.1 Å². The lowest BCUT2D eigenvalue weighted by Gasteiger charge is -2.28. The second kappa shape index (κ2) is 4.88. The standard InChI is InChI=1S/C11H15Cl2N3O/c1-6-9(3-4-17-6)16(2)11-8(13)5-7(12)10(14)15-11/h5-6,9H,3-4H2,1-2H3,(H2,14,15). The van der Waals surface area contributed by atoms with Crippen molar-refractivity contribution < 1.29 is 4.74 Å². The molecule has 4 nitrogen and oxygen atoms in total. The third-order valence-corrected chi connectivity index (χ3v) is 3.69. The molecule has 1 aliphatic rings. The minimum absolute atomic E-state index is 0.162. The Balaban J connectivity index is 2.30. The van der Waals surface area contributed by atoms with Crippen LogP contribution in [0.25, 0.3) is 0 Å². The molecule has 2 rings (SSSR count). The first-order chi connectivity index (χ1) is 8.00. The Morgan fingerprint density at radius 1 is 1.47 bits per heavy atom. The van der Waals surface area contributed by atoms with Crippen LogP contribution in [0.4, 0.5) is 11.6 Å². The van der Waals surface area contributed by atoms with Gasteiger partial charge in [0.25, 0.3) is 0 Å². The molecule has 1 aromatic rings. The summed E-state index contributed by atoms with van der Waals surface area (Å²) < 4.78 is 5.53. The van der Waals surface area contributed by atoms with Crippen molar-refractivity contribution in [3.63, 3.8) is 0 Å². The summed E-state index contributed by atoms with van der Waals surface area (Å²) in [4.78, 5) is 6.24. The van der Waals surface area contributed by atoms with Crippen LogP contribution in [0.5, 0.6) is 0 Å². The number of hydrogen-bond acceptors (Lipinski definition) is 4. The zero-order valence-electron chi connectivity index (χ0n) is 9.78. The highest BCUT2D eigenvalue weighted by molar-refractivity contribution is 6.37. The van der Waals surface area contributed by atoms with Gasteiger partial charge in [-0.3, -0.25) is 0 Å². The molecule has 94 valence electrons. The number of likely N-dealkylation sites (N-methyl/N-ethyl adjacent to an activating group) is 1. The van der Waals surface area contributed by atoms with E-state index in [0.717, 1.165) is 13.0 Å². The Kier molecular flexibility index (Phi) is 3.66. The third-order valence-electron chi connectivity index (χ3n) is 3.11. The molecule has 1 aromatic heterocycles. The Bertz CT molecular complexity index is 427. The Hall–Kier alpha value is -0.710. The van der Waals surface area contributed by atoms with Gasteiger partial charge in [-0.2, -0.15) is 0 Å². The van der Waals surface area contributed by atoms with Crippen LogP contribution in [-0.2, 0) is 4.74 Å². The maximum absolute atomic E-state index is 6.14. The van der Waals surface area contributed by atoms with Crippen molar-refractivity contribution in [1.82, 2.24) is 4.98 Å². The van der Waals surface area contributed by atoms with Gasteiger partial charge in [0.1, 0.15) is 11.6 Å². The van der Waals surface area contributed by atoms with Gasteiger partial charge in [-0.15, -0.1) is 0 Å². The van der Waals surface area contributed by atoms with Crippen LogP contribution in [0.3, 0.4) is 0 Å². The molecule has 17 heavy (non-hydrogen) atoms. The Morgan fingerprint density at radius 3 is 2.76 bits per heavy atom. The quantitative estimate of drug-likeness (QED) is 0.902. The molecule has 1 fully saturated rings. The summed E-state index contributed by atoms with van der Waals surface area (Å²) in [6, 6.07) is 1.89. The van der Waals surface area contributed by atoms with E-state index in [1.54, 1.807) is 6.07 Å². The van der Waals surface area contributed by atoms with E-state index in [4.69, 9.17) is 33.7 Å². The molecule has 0 aliphatic carbocycles. The Labute approximate surface area is 111 Å². The lowest BCUT2D eigenvalue weighted by Crippen LogP contribution is -2.37. The molecule has 0 saturated carbocycles. The minimum atomic E-state index is 0.162. The van der Waals surface area contributed by atoms with Crippen LogP contribution < -0.4 is 10.6 Å². The van der Waals surface area contributed by atoms with E-state index < -0.39 is 0 Å². The van der Waals surface area contributed by atoms with Crippen molar-refractivity contribution in [3.8, 4) is 0 Å². The molecule has 2 unspecified atom stereocenters. The highest BCUT2D eigenvalue weighted by Crippen LogP contribution is 2.32. The fourth-order valence-electron chi connectivity index (χ4n) is 2.10. The number of rotatable bonds is 2. The molecule has 2 atom stereocenters. The SMILES string of the molecule is CC1OCCC1N(C)c1nc(N)c(Cl)cc1Cl. The number of ether oxygens (including phenoxy) is 1. The lowest BCUT2D eigenvalue weighted by atomic mass is 10.1. The van der Waals surface area contributed by atoms with E-state index in [1.165, 1.54) is 0 Å². The summed E-state index contributed by atoms with van der Waals surface area (Å²) in [6.07, 6.45) is 1.12. The zero-order valence-corrected chi connectivity index (χ0v) is 11.3. The van der Waals surface area contributed by atoms with Gasteiger partial charge in [-0.1, -0.05) is 23.2 Å². The van der Waals surface area contributed by atoms with Crippen molar-refractivity contribution in [1.29, 1.82) is 0 Å². The predicted octanol–water partition coefficient (Wildman–Crippen LogP) is 2.58. The monoisotopic (exact) mass is 275 g/mol. The number of halogens is 2. The van der Waals surface area contributed by atoms with Crippen LogP contribution in [-0.4, -0.2) is 30.8 Å². The van der Waals surface area contributed by atoms with Crippen LogP contribution in [0, 0.1) is 0 Å². The van der Waals surface area contributed by atoms with Crippen LogP contribution >= 0.6 is 23.2 Å². The van der Waals surface area contributed by atoms with Gasteiger partial charge in [0, 0.05) is 13.7 Å². The predicted molar refractivity (Wildman–Crippen MR) is 70.9 cm³/mol. The van der Waals surface area contributed by atoms with E-state index in [9.17, 15) is 0 Å². The average Bonchev–Trinajstić information content (AvgIpc) is 2.69. The molecule has 1 saturated heterocycles. The largest absolute Gasteiger partial charge is 0.382 e. The summed E-state index contributed by atoms with van der Waals surface area (Å²) in [6.45, 7) is 2.80. The number of nitrogens with two attached hydrogens (primary N) is 1. The van der Waals surface area contributed by atoms with Gasteiger partial charge in [0.2, 0.25) is 0 Å². The minimum Gasteiger partial charge on any atom is -0.382 e. The molecule has 0 radical (unpaired) electrons. The lowest BCUT2D eigenvalue weighted by molar-refractivity contribution is 0.118. The van der Waals surface area contributed by atoms with Crippen molar-refractivity contribution >= 4 is 34.8 Å². The van der Waals surface area contributed by atoms with E-state index >= 15 is 0 Å². The fourth-order valence-corrected chi connectivity index (χ4v) is 2.60. The van der Waals surface area contributed by atoms with Gasteiger partial charge in [-0.05, 0) is 19.4 Å². The average molecular weight is 276 g/mol. The molecular weight excluding hydrogens is 261 g/mol. The second-order valence-corrected chi connectivity index (χ2v) is 5.02. The number of nitrogens with zero attached hydrogens (tertiary/aromatic N) is 2. The summed E-state index contributed by atoms with van der Waals surface area (Å²) >= 11 is 12.0. The maximum atomic E-state index is 6.14. The first kappa shape index (κ1) is 12.7. The first-order valence-corrected chi connectivity index (χ1v) is 6.22. The molecule has 0 bridgehead atoms. The molecule has 0 aromatic carbocycles. The van der Waals surface area contributed by atoms with Gasteiger partial charge < -0.3 is 15.4 Å². The van der Waals surface area contributed by atoms with E-state index in [-0.39, 0.29) is 12.1 Å². The van der Waals surface area contributed by atoms with Crippen LogP contribution in [0.2, 0.25) is 10.0 Å². The van der Waals surface area contributed by atoms with Gasteiger partial charge in [0.05, 0.1) is 22.2 Å². The number of hydrogen-bond donors (Lipinski definition) is 1. The molecule has 0 amide bonds. The number of anilines is 2. The van der Waals surface area contributed by atoms with E-state index in [0.29, 0.717) is 21.7 Å². The molecular formula is C11H15Cl2N3O. The Morgan fingerprint density at radius 2 is 2.18 bits per heavy atom. The normalized spacial score (nSPS) is 24.0. The van der Waals surface area contributed by atoms with Crippen molar-refractivity contribution in [2.45, 2.75) is 25.5 Å². The van der Waals surface area contributed by atoms with Crippen LogP contribution in [0.15, 0.2) is 6.07 Å². The smallest absolute Gasteiger partial charge is 0.150 e. The topological polar surface area (TPSA) is 51.4 Å². The molecule has 2 N–H and O–H groups in total. The molecule has 1 aliphatic heterocycles. The summed E-state index contributed by atoms with van der Waals surface area (Å²) in [7, 11) is 1.94. The van der Waals surface area contributed by atoms with Gasteiger partial charge in [-0.25, -0.2) is 4.98 Å². The maximum Gasteiger partial charge on any atom is 0.150 e. The first-order valence-electron chi connectivity index (χ1n) is 5.46. The highest BCUT2D eigenvalue weighted by atomic mass is 35.5. The molecule has 2 heterocycles. The van der Waals surface area contributed by atoms with Crippen LogP contribution in [0.1, 0.15) is 13.3 Å².